The summed E-state index contributed by atoms with van der Waals surface area (Å²) in [6.07, 6.45) is 0. The standard InChI is InChI=1S/C17H24N2O4/c1-11(2)16(20)18-6-7-19(17(21)12(18)3)13-8-14(22-4)10-15(9-13)23-5/h8-12H,6-7H2,1-5H3. The molecule has 126 valence electrons. The molecule has 0 bridgehead atoms. The molecule has 1 fully saturated rings. The Balaban J connectivity index is 2.27. The van der Waals surface area contributed by atoms with Crippen LogP contribution < -0.4 is 14.4 Å². The van der Waals surface area contributed by atoms with E-state index in [0.717, 1.165) is 5.69 Å². The molecule has 0 N–H and O–H groups in total. The lowest BCUT2D eigenvalue weighted by Gasteiger charge is -2.40. The number of rotatable bonds is 4. The van der Waals surface area contributed by atoms with Crippen LogP contribution in [-0.2, 0) is 9.59 Å². The van der Waals surface area contributed by atoms with Crippen LogP contribution >= 0.6 is 0 Å². The predicted molar refractivity (Wildman–Crippen MR) is 87.9 cm³/mol. The fourth-order valence-electron chi connectivity index (χ4n) is 2.71. The van der Waals surface area contributed by atoms with Crippen molar-refractivity contribution in [3.05, 3.63) is 18.2 Å². The SMILES string of the molecule is COc1cc(OC)cc(N2CCN(C(=O)C(C)C)C(C)C2=O)c1. The van der Waals surface area contributed by atoms with Crippen LogP contribution in [0.3, 0.4) is 0 Å². The molecule has 1 unspecified atom stereocenters. The Labute approximate surface area is 137 Å². The Morgan fingerprint density at radius 2 is 1.70 bits per heavy atom. The number of carbonyl (C=O) groups excluding carboxylic acids is 2. The number of nitrogens with zero attached hydrogens (tertiary/aromatic N) is 2. The van der Waals surface area contributed by atoms with E-state index in [0.29, 0.717) is 24.6 Å². The molecule has 2 amide bonds. The van der Waals surface area contributed by atoms with E-state index >= 15 is 0 Å². The van der Waals surface area contributed by atoms with Gasteiger partial charge in [0.1, 0.15) is 17.5 Å². The number of anilines is 1. The van der Waals surface area contributed by atoms with Gasteiger partial charge in [0, 0.05) is 37.2 Å². The fourth-order valence-corrected chi connectivity index (χ4v) is 2.71. The van der Waals surface area contributed by atoms with E-state index in [9.17, 15) is 9.59 Å². The first kappa shape index (κ1) is 17.1. The molecule has 6 heteroatoms. The van der Waals surface area contributed by atoms with Gasteiger partial charge in [-0.1, -0.05) is 13.8 Å². The van der Waals surface area contributed by atoms with Gasteiger partial charge in [0.05, 0.1) is 19.9 Å². The van der Waals surface area contributed by atoms with E-state index < -0.39 is 6.04 Å². The number of benzene rings is 1. The minimum absolute atomic E-state index is 0.00808. The Kier molecular flexibility index (Phi) is 5.13. The van der Waals surface area contributed by atoms with E-state index in [4.69, 9.17) is 9.47 Å². The molecule has 0 radical (unpaired) electrons. The highest BCUT2D eigenvalue weighted by Crippen LogP contribution is 2.30. The van der Waals surface area contributed by atoms with Gasteiger partial charge in [-0.05, 0) is 6.92 Å². The molecule has 1 aliphatic heterocycles. The molecule has 1 aliphatic rings. The van der Waals surface area contributed by atoms with Gasteiger partial charge in [0.25, 0.3) is 0 Å². The maximum Gasteiger partial charge on any atom is 0.249 e. The second kappa shape index (κ2) is 6.89. The molecule has 1 heterocycles. The second-order valence-electron chi connectivity index (χ2n) is 5.92. The van der Waals surface area contributed by atoms with Crippen LogP contribution in [0.1, 0.15) is 20.8 Å². The second-order valence-corrected chi connectivity index (χ2v) is 5.92. The highest BCUT2D eigenvalue weighted by atomic mass is 16.5. The molecule has 0 saturated carbocycles. The fraction of sp³-hybridized carbons (Fsp3) is 0.529. The average Bonchev–Trinajstić information content (AvgIpc) is 2.55. The quantitative estimate of drug-likeness (QED) is 0.850. The summed E-state index contributed by atoms with van der Waals surface area (Å²) in [5.41, 5.74) is 0.717. The third-order valence-electron chi connectivity index (χ3n) is 4.08. The first-order valence-corrected chi connectivity index (χ1v) is 7.74. The van der Waals surface area contributed by atoms with E-state index in [-0.39, 0.29) is 17.7 Å². The normalized spacial score (nSPS) is 18.3. The monoisotopic (exact) mass is 320 g/mol. The molecule has 1 atom stereocenters. The molecular formula is C17H24N2O4. The van der Waals surface area contributed by atoms with Gasteiger partial charge in [0.2, 0.25) is 11.8 Å². The van der Waals surface area contributed by atoms with Gasteiger partial charge in [0.15, 0.2) is 0 Å². The number of hydrogen-bond acceptors (Lipinski definition) is 4. The molecule has 0 aliphatic carbocycles. The number of hydrogen-bond donors (Lipinski definition) is 0. The Morgan fingerprint density at radius 1 is 1.13 bits per heavy atom. The summed E-state index contributed by atoms with van der Waals surface area (Å²) in [7, 11) is 3.14. The van der Waals surface area contributed by atoms with Gasteiger partial charge in [-0.2, -0.15) is 0 Å². The highest BCUT2D eigenvalue weighted by Gasteiger charge is 2.35. The zero-order valence-corrected chi connectivity index (χ0v) is 14.3. The van der Waals surface area contributed by atoms with Crippen LogP contribution in [0.25, 0.3) is 0 Å². The van der Waals surface area contributed by atoms with Gasteiger partial charge in [-0.25, -0.2) is 0 Å². The van der Waals surface area contributed by atoms with Crippen molar-refractivity contribution < 1.29 is 19.1 Å². The molecule has 0 spiro atoms. The van der Waals surface area contributed by atoms with Crippen LogP contribution in [0.15, 0.2) is 18.2 Å². The van der Waals surface area contributed by atoms with Crippen molar-refractivity contribution >= 4 is 17.5 Å². The first-order chi connectivity index (χ1) is 10.9. The summed E-state index contributed by atoms with van der Waals surface area (Å²) in [6, 6.07) is 4.88. The lowest BCUT2D eigenvalue weighted by molar-refractivity contribution is -0.143. The Morgan fingerprint density at radius 3 is 2.17 bits per heavy atom. The summed E-state index contributed by atoms with van der Waals surface area (Å²) in [4.78, 5) is 28.3. The molecule has 23 heavy (non-hydrogen) atoms. The summed E-state index contributed by atoms with van der Waals surface area (Å²) in [5.74, 6) is 1.05. The van der Waals surface area contributed by atoms with E-state index in [1.54, 1.807) is 49.1 Å². The van der Waals surface area contributed by atoms with Crippen LogP contribution in [0.4, 0.5) is 5.69 Å². The lowest BCUT2D eigenvalue weighted by atomic mass is 10.1. The summed E-state index contributed by atoms with van der Waals surface area (Å²) in [6.45, 7) is 6.44. The molecule has 0 aromatic heterocycles. The van der Waals surface area contributed by atoms with Crippen LogP contribution in [0.5, 0.6) is 11.5 Å². The van der Waals surface area contributed by atoms with Crippen molar-refractivity contribution in [2.24, 2.45) is 5.92 Å². The largest absolute Gasteiger partial charge is 0.497 e. The number of piperazine rings is 1. The van der Waals surface area contributed by atoms with Gasteiger partial charge in [-0.15, -0.1) is 0 Å². The Bertz CT molecular complexity index is 578. The van der Waals surface area contributed by atoms with Crippen molar-refractivity contribution in [2.75, 3.05) is 32.2 Å². The molecule has 1 aromatic rings. The van der Waals surface area contributed by atoms with E-state index in [1.807, 2.05) is 13.8 Å². The molecular weight excluding hydrogens is 296 g/mol. The molecule has 6 nitrogen and oxygen atoms in total. The van der Waals surface area contributed by atoms with E-state index in [2.05, 4.69) is 0 Å². The topological polar surface area (TPSA) is 59.1 Å². The maximum atomic E-state index is 12.7. The van der Waals surface area contributed by atoms with Gasteiger partial charge in [-0.3, -0.25) is 9.59 Å². The van der Waals surface area contributed by atoms with Crippen molar-refractivity contribution in [3.8, 4) is 11.5 Å². The van der Waals surface area contributed by atoms with Crippen LogP contribution in [-0.4, -0.2) is 50.1 Å². The summed E-state index contributed by atoms with van der Waals surface area (Å²) < 4.78 is 10.5. The van der Waals surface area contributed by atoms with Crippen molar-refractivity contribution in [2.45, 2.75) is 26.8 Å². The molecule has 1 saturated heterocycles. The number of amides is 2. The van der Waals surface area contributed by atoms with Gasteiger partial charge >= 0.3 is 0 Å². The minimum atomic E-state index is -0.476. The smallest absolute Gasteiger partial charge is 0.249 e. The van der Waals surface area contributed by atoms with Crippen LogP contribution in [0, 0.1) is 5.92 Å². The van der Waals surface area contributed by atoms with E-state index in [1.165, 1.54) is 0 Å². The van der Waals surface area contributed by atoms with Crippen molar-refractivity contribution in [3.63, 3.8) is 0 Å². The van der Waals surface area contributed by atoms with Crippen LogP contribution in [0.2, 0.25) is 0 Å². The number of carbonyl (C=O) groups is 2. The highest BCUT2D eigenvalue weighted by molar-refractivity contribution is 6.00. The average molecular weight is 320 g/mol. The van der Waals surface area contributed by atoms with Gasteiger partial charge < -0.3 is 19.3 Å². The lowest BCUT2D eigenvalue weighted by Crippen LogP contribution is -2.58. The maximum absolute atomic E-state index is 12.7. The third-order valence-corrected chi connectivity index (χ3v) is 4.08. The number of methoxy groups -OCH3 is 2. The Hall–Kier alpha value is -2.24. The molecule has 2 rings (SSSR count). The first-order valence-electron chi connectivity index (χ1n) is 7.74. The zero-order chi connectivity index (χ0) is 17.1. The predicted octanol–water partition coefficient (Wildman–Crippen LogP) is 1.92. The third kappa shape index (κ3) is 3.41. The van der Waals surface area contributed by atoms with Crippen molar-refractivity contribution in [1.29, 1.82) is 0 Å². The number of ether oxygens (including phenoxy) is 2. The van der Waals surface area contributed by atoms with Crippen molar-refractivity contribution in [1.82, 2.24) is 4.90 Å². The minimum Gasteiger partial charge on any atom is -0.497 e. The zero-order valence-electron chi connectivity index (χ0n) is 14.3. The summed E-state index contributed by atoms with van der Waals surface area (Å²) in [5, 5.41) is 0. The summed E-state index contributed by atoms with van der Waals surface area (Å²) >= 11 is 0. The molecule has 1 aromatic carbocycles.